The molecule has 4 aromatic rings. The first kappa shape index (κ1) is 31.2. The maximum Gasteiger partial charge on any atom is 0.118 e. The minimum absolute atomic E-state index is 0.113. The molecule has 0 aromatic heterocycles. The van der Waals surface area contributed by atoms with E-state index in [1.54, 1.807) is 0 Å². The Bertz CT molecular complexity index is 1750. The van der Waals surface area contributed by atoms with Crippen molar-refractivity contribution in [2.75, 3.05) is 0 Å². The molecule has 0 saturated carbocycles. The van der Waals surface area contributed by atoms with Crippen molar-refractivity contribution in [3.8, 4) is 17.2 Å². The number of benzene rings is 4. The second-order valence-electron chi connectivity index (χ2n) is 12.9. The molecule has 228 valence electrons. The van der Waals surface area contributed by atoms with Gasteiger partial charge >= 0.3 is 0 Å². The van der Waals surface area contributed by atoms with Crippen LogP contribution >= 0.6 is 0 Å². The molecule has 44 heavy (non-hydrogen) atoms. The molecule has 0 bridgehead atoms. The number of phenolic OH excluding ortho intramolecular Hbond substituents is 3. The number of hydrogen-bond acceptors (Lipinski definition) is 4. The zero-order valence-corrected chi connectivity index (χ0v) is 27.1. The highest BCUT2D eigenvalue weighted by Crippen LogP contribution is 2.44. The lowest BCUT2D eigenvalue weighted by Gasteiger charge is -2.30. The van der Waals surface area contributed by atoms with Gasteiger partial charge in [0.05, 0.1) is 6.10 Å². The van der Waals surface area contributed by atoms with Crippen LogP contribution < -0.4 is 0 Å². The van der Waals surface area contributed by atoms with Gasteiger partial charge in [0, 0.05) is 11.8 Å². The number of hydrogen-bond donors (Lipinski definition) is 4. The fraction of sp³-hybridized carbons (Fsp3) is 0.300. The van der Waals surface area contributed by atoms with E-state index in [4.69, 9.17) is 0 Å². The molecular formula is C40H44O4. The SMILES string of the molecule is CC1=CC(C(c2ccc(C(c3cc(C)c(O)cc3C)c3cc(C)c(O)cc3C)cc2)c2cc(C)c(O)cc2C)=C(C)C(O)C1. The standard InChI is InChI=1S/C40H44O4/c1-21-13-34(28(8)38(44)14-21)40(33-17-27(7)37(43)20-24(33)4)30-11-9-29(10-12-30)39(31-15-25(5)35(41)18-22(31)2)32-16-26(6)36(42)19-23(32)3/h9-13,15-20,38-44H,14H2,1-8H3. The summed E-state index contributed by atoms with van der Waals surface area (Å²) in [6.45, 7) is 15.9. The van der Waals surface area contributed by atoms with E-state index in [9.17, 15) is 20.4 Å². The van der Waals surface area contributed by atoms with Crippen LogP contribution in [0.1, 0.15) is 93.3 Å². The number of rotatable bonds is 6. The van der Waals surface area contributed by atoms with Gasteiger partial charge in [0.1, 0.15) is 17.2 Å². The maximum atomic E-state index is 11.0. The first-order valence-corrected chi connectivity index (χ1v) is 15.3. The van der Waals surface area contributed by atoms with Crippen molar-refractivity contribution in [2.24, 2.45) is 0 Å². The van der Waals surface area contributed by atoms with Crippen molar-refractivity contribution in [3.63, 3.8) is 0 Å². The van der Waals surface area contributed by atoms with Crippen LogP contribution in [-0.2, 0) is 0 Å². The van der Waals surface area contributed by atoms with Crippen molar-refractivity contribution in [1.29, 1.82) is 0 Å². The van der Waals surface area contributed by atoms with Gasteiger partial charge < -0.3 is 20.4 Å². The molecular weight excluding hydrogens is 544 g/mol. The number of aromatic hydroxyl groups is 3. The number of phenols is 3. The van der Waals surface area contributed by atoms with Gasteiger partial charge in [-0.3, -0.25) is 0 Å². The molecule has 0 heterocycles. The first-order valence-electron chi connectivity index (χ1n) is 15.3. The van der Waals surface area contributed by atoms with Gasteiger partial charge in [0.15, 0.2) is 0 Å². The van der Waals surface area contributed by atoms with Crippen LogP contribution in [-0.4, -0.2) is 26.5 Å². The Hall–Kier alpha value is -4.28. The number of allylic oxidation sites excluding steroid dienone is 2. The zero-order chi connectivity index (χ0) is 32.0. The topological polar surface area (TPSA) is 80.9 Å². The molecule has 4 N–H and O–H groups in total. The average molecular weight is 589 g/mol. The van der Waals surface area contributed by atoms with E-state index in [1.807, 2.05) is 66.7 Å². The van der Waals surface area contributed by atoms with Crippen molar-refractivity contribution in [1.82, 2.24) is 0 Å². The zero-order valence-electron chi connectivity index (χ0n) is 27.1. The van der Waals surface area contributed by atoms with E-state index < -0.39 is 6.10 Å². The fourth-order valence-corrected chi connectivity index (χ4v) is 6.74. The van der Waals surface area contributed by atoms with Crippen LogP contribution in [0.25, 0.3) is 0 Å². The number of aliphatic hydroxyl groups excluding tert-OH is 1. The van der Waals surface area contributed by atoms with Crippen molar-refractivity contribution < 1.29 is 20.4 Å². The van der Waals surface area contributed by atoms with E-state index in [-0.39, 0.29) is 29.1 Å². The maximum absolute atomic E-state index is 11.0. The molecule has 4 heteroatoms. The Morgan fingerprint density at radius 1 is 0.523 bits per heavy atom. The Morgan fingerprint density at radius 2 is 0.886 bits per heavy atom. The molecule has 0 saturated heterocycles. The molecule has 0 radical (unpaired) electrons. The van der Waals surface area contributed by atoms with Gasteiger partial charge in [0.2, 0.25) is 0 Å². The van der Waals surface area contributed by atoms with Crippen molar-refractivity contribution in [3.05, 3.63) is 145 Å². The molecule has 4 nitrogen and oxygen atoms in total. The Morgan fingerprint density at radius 3 is 1.30 bits per heavy atom. The molecule has 2 atom stereocenters. The highest BCUT2D eigenvalue weighted by Gasteiger charge is 2.28. The summed E-state index contributed by atoms with van der Waals surface area (Å²) >= 11 is 0. The molecule has 5 rings (SSSR count). The molecule has 0 spiro atoms. The largest absolute Gasteiger partial charge is 0.508 e. The quantitative estimate of drug-likeness (QED) is 0.170. The molecule has 0 aliphatic heterocycles. The Balaban J connectivity index is 1.72. The highest BCUT2D eigenvalue weighted by atomic mass is 16.3. The third kappa shape index (κ3) is 5.79. The summed E-state index contributed by atoms with van der Waals surface area (Å²) < 4.78 is 0. The minimum atomic E-state index is -0.527. The summed E-state index contributed by atoms with van der Waals surface area (Å²) in [7, 11) is 0. The van der Waals surface area contributed by atoms with Crippen molar-refractivity contribution in [2.45, 2.75) is 79.8 Å². The van der Waals surface area contributed by atoms with Gasteiger partial charge in [-0.2, -0.15) is 0 Å². The third-order valence-corrected chi connectivity index (χ3v) is 9.47. The Labute approximate surface area is 261 Å². The molecule has 0 fully saturated rings. The van der Waals surface area contributed by atoms with E-state index >= 15 is 0 Å². The summed E-state index contributed by atoms with van der Waals surface area (Å²) in [5.41, 5.74) is 14.2. The number of aliphatic hydroxyl groups is 1. The van der Waals surface area contributed by atoms with Gasteiger partial charge in [-0.15, -0.1) is 0 Å². The van der Waals surface area contributed by atoms with Gasteiger partial charge in [-0.25, -0.2) is 0 Å². The van der Waals surface area contributed by atoms with Crippen LogP contribution in [0.2, 0.25) is 0 Å². The van der Waals surface area contributed by atoms with Crippen LogP contribution in [0.3, 0.4) is 0 Å². The fourth-order valence-electron chi connectivity index (χ4n) is 6.74. The molecule has 2 unspecified atom stereocenters. The van der Waals surface area contributed by atoms with E-state index in [0.717, 1.165) is 77.9 Å². The normalized spacial score (nSPS) is 16.0. The highest BCUT2D eigenvalue weighted by molar-refractivity contribution is 5.57. The van der Waals surface area contributed by atoms with E-state index in [1.165, 1.54) is 0 Å². The van der Waals surface area contributed by atoms with Crippen LogP contribution in [0, 0.1) is 41.5 Å². The molecule has 1 aliphatic carbocycles. The van der Waals surface area contributed by atoms with Gasteiger partial charge in [-0.1, -0.05) is 54.1 Å². The third-order valence-electron chi connectivity index (χ3n) is 9.47. The van der Waals surface area contributed by atoms with E-state index in [2.05, 4.69) is 55.5 Å². The van der Waals surface area contributed by atoms with Crippen LogP contribution in [0.15, 0.2) is 83.5 Å². The van der Waals surface area contributed by atoms with Crippen LogP contribution in [0.5, 0.6) is 17.2 Å². The summed E-state index contributed by atoms with van der Waals surface area (Å²) in [6.07, 6.45) is 2.32. The van der Waals surface area contributed by atoms with Crippen molar-refractivity contribution >= 4 is 0 Å². The molecule has 1 aliphatic rings. The predicted octanol–water partition coefficient (Wildman–Crippen LogP) is 8.99. The summed E-state index contributed by atoms with van der Waals surface area (Å²) in [5, 5.41) is 42.3. The summed E-state index contributed by atoms with van der Waals surface area (Å²) in [6, 6.07) is 20.5. The second-order valence-corrected chi connectivity index (χ2v) is 12.9. The minimum Gasteiger partial charge on any atom is -0.508 e. The summed E-state index contributed by atoms with van der Waals surface area (Å²) in [4.78, 5) is 0. The first-order chi connectivity index (χ1) is 20.8. The lowest BCUT2D eigenvalue weighted by Crippen LogP contribution is -2.19. The molecule has 0 amide bonds. The lowest BCUT2D eigenvalue weighted by atomic mass is 9.75. The smallest absolute Gasteiger partial charge is 0.118 e. The number of aryl methyl sites for hydroxylation is 6. The van der Waals surface area contributed by atoms with Gasteiger partial charge in [-0.05, 0) is 152 Å². The predicted molar refractivity (Wildman–Crippen MR) is 179 cm³/mol. The Kier molecular flexibility index (Phi) is 8.51. The van der Waals surface area contributed by atoms with Crippen LogP contribution in [0.4, 0.5) is 0 Å². The second kappa shape index (κ2) is 12.0. The molecule has 4 aromatic carbocycles. The lowest BCUT2D eigenvalue weighted by molar-refractivity contribution is 0.207. The summed E-state index contributed by atoms with van der Waals surface area (Å²) in [5.74, 6) is 0.606. The monoisotopic (exact) mass is 588 g/mol. The van der Waals surface area contributed by atoms with Gasteiger partial charge in [0.25, 0.3) is 0 Å². The average Bonchev–Trinajstić information content (AvgIpc) is 2.96. The van der Waals surface area contributed by atoms with E-state index in [0.29, 0.717) is 6.42 Å².